The minimum atomic E-state index is -3.49. The zero-order chi connectivity index (χ0) is 23.3. The van der Waals surface area contributed by atoms with Crippen LogP contribution in [0.25, 0.3) is 22.3 Å². The molecule has 1 saturated carbocycles. The number of nitrogens with two attached hydrogens (primary N) is 1. The van der Waals surface area contributed by atoms with Crippen LogP contribution in [0.2, 0.25) is 0 Å². The number of nitrogen functional groups attached to an aromatic ring is 1. The summed E-state index contributed by atoms with van der Waals surface area (Å²) in [6.45, 7) is 0. The van der Waals surface area contributed by atoms with Gasteiger partial charge < -0.3 is 5.73 Å². The van der Waals surface area contributed by atoms with Crippen molar-refractivity contribution in [1.82, 2.24) is 9.97 Å². The maximum Gasteiger partial charge on any atom is 0.219 e. The predicted molar refractivity (Wildman–Crippen MR) is 133 cm³/mol. The summed E-state index contributed by atoms with van der Waals surface area (Å²) in [4.78, 5) is 8.06. The van der Waals surface area contributed by atoms with Gasteiger partial charge in [0.2, 0.25) is 5.95 Å². The summed E-state index contributed by atoms with van der Waals surface area (Å²) in [6, 6.07) is 11.5. The largest absolute Gasteiger partial charge is 0.368 e. The van der Waals surface area contributed by atoms with E-state index in [1.54, 1.807) is 36.4 Å². The minimum Gasteiger partial charge on any atom is -0.368 e. The Labute approximate surface area is 199 Å². The Morgan fingerprint density at radius 3 is 2.42 bits per heavy atom. The van der Waals surface area contributed by atoms with Crippen LogP contribution in [0.1, 0.15) is 38.5 Å². The lowest BCUT2D eigenvalue weighted by molar-refractivity contribution is 0.516. The first-order valence-electron chi connectivity index (χ1n) is 11.3. The van der Waals surface area contributed by atoms with Crippen LogP contribution in [0.5, 0.6) is 0 Å². The lowest BCUT2D eigenvalue weighted by atomic mass is 10.0. The molecule has 1 aliphatic carbocycles. The van der Waals surface area contributed by atoms with Crippen LogP contribution in [0, 0.1) is 5.82 Å². The number of rotatable bonds is 8. The molecule has 4 rings (SSSR count). The van der Waals surface area contributed by atoms with Crippen molar-refractivity contribution >= 4 is 27.5 Å². The molecule has 2 aromatic carbocycles. The quantitative estimate of drug-likeness (QED) is 0.408. The third kappa shape index (κ3) is 5.92. The molecule has 0 radical (unpaired) electrons. The highest BCUT2D eigenvalue weighted by molar-refractivity contribution is 8.00. The summed E-state index contributed by atoms with van der Waals surface area (Å²) < 4.78 is 41.2. The second-order valence-corrected chi connectivity index (χ2v) is 11.8. The van der Waals surface area contributed by atoms with Gasteiger partial charge in [-0.15, -0.1) is 0 Å². The van der Waals surface area contributed by atoms with Crippen molar-refractivity contribution in [3.8, 4) is 22.3 Å². The summed E-state index contributed by atoms with van der Waals surface area (Å²) in [7, 11) is -3.49. The third-order valence-corrected chi connectivity index (χ3v) is 9.27. The summed E-state index contributed by atoms with van der Waals surface area (Å²) >= 11 is 1.90. The number of benzene rings is 2. The molecule has 5 nitrogen and oxygen atoms in total. The SMILES string of the molecule is Nc1ncc(-c2ccc(-c3ccccc3S(=O)(=O)CCCSC3CCCCC3)cc2F)cn1. The van der Waals surface area contributed by atoms with E-state index < -0.39 is 15.7 Å². The van der Waals surface area contributed by atoms with Crippen molar-refractivity contribution in [2.24, 2.45) is 0 Å². The molecule has 1 aliphatic rings. The highest BCUT2D eigenvalue weighted by atomic mass is 32.2. The second-order valence-electron chi connectivity index (χ2n) is 8.32. The van der Waals surface area contributed by atoms with Crippen molar-refractivity contribution in [2.45, 2.75) is 48.7 Å². The second kappa shape index (κ2) is 10.7. The summed E-state index contributed by atoms with van der Waals surface area (Å²) in [5.41, 5.74) is 7.37. The number of aromatic nitrogens is 2. The fourth-order valence-corrected chi connectivity index (χ4v) is 7.26. The lowest BCUT2D eigenvalue weighted by Crippen LogP contribution is -2.12. The van der Waals surface area contributed by atoms with Gasteiger partial charge in [-0.25, -0.2) is 22.8 Å². The molecular formula is C25H28FN3O2S2. The van der Waals surface area contributed by atoms with Gasteiger partial charge in [0.1, 0.15) is 5.82 Å². The fraction of sp³-hybridized carbons (Fsp3) is 0.360. The Bertz CT molecular complexity index is 1190. The molecule has 0 unspecified atom stereocenters. The van der Waals surface area contributed by atoms with E-state index in [4.69, 9.17) is 5.73 Å². The van der Waals surface area contributed by atoms with Crippen LogP contribution >= 0.6 is 11.8 Å². The average Bonchev–Trinajstić information content (AvgIpc) is 2.83. The Hall–Kier alpha value is -2.45. The molecule has 0 atom stereocenters. The molecular weight excluding hydrogens is 457 g/mol. The molecule has 3 aromatic rings. The van der Waals surface area contributed by atoms with Crippen molar-refractivity contribution < 1.29 is 12.8 Å². The lowest BCUT2D eigenvalue weighted by Gasteiger charge is -2.20. The van der Waals surface area contributed by atoms with Gasteiger partial charge in [0.15, 0.2) is 9.84 Å². The number of thioether (sulfide) groups is 1. The monoisotopic (exact) mass is 485 g/mol. The fourth-order valence-electron chi connectivity index (χ4n) is 4.21. The molecule has 33 heavy (non-hydrogen) atoms. The number of hydrogen-bond acceptors (Lipinski definition) is 6. The van der Waals surface area contributed by atoms with Crippen LogP contribution in [0.15, 0.2) is 59.8 Å². The van der Waals surface area contributed by atoms with Crippen molar-refractivity contribution in [3.05, 3.63) is 60.7 Å². The van der Waals surface area contributed by atoms with E-state index in [0.29, 0.717) is 33.9 Å². The van der Waals surface area contributed by atoms with Crippen LogP contribution in [0.4, 0.5) is 10.3 Å². The normalized spacial score (nSPS) is 14.9. The zero-order valence-corrected chi connectivity index (χ0v) is 20.0. The van der Waals surface area contributed by atoms with Crippen LogP contribution in [-0.4, -0.2) is 35.1 Å². The van der Waals surface area contributed by atoms with Crippen molar-refractivity contribution in [1.29, 1.82) is 0 Å². The topological polar surface area (TPSA) is 85.9 Å². The molecule has 174 valence electrons. The van der Waals surface area contributed by atoms with Gasteiger partial charge in [0.05, 0.1) is 10.6 Å². The smallest absolute Gasteiger partial charge is 0.219 e. The highest BCUT2D eigenvalue weighted by Gasteiger charge is 2.21. The Morgan fingerprint density at radius 2 is 1.70 bits per heavy atom. The van der Waals surface area contributed by atoms with Crippen LogP contribution in [-0.2, 0) is 9.84 Å². The van der Waals surface area contributed by atoms with E-state index in [0.717, 1.165) is 5.75 Å². The average molecular weight is 486 g/mol. The maximum atomic E-state index is 14.9. The molecule has 1 aromatic heterocycles. The standard InChI is InChI=1S/C25H28FN3O2S2/c26-23-15-18(11-12-21(23)19-16-28-25(27)29-17-19)22-9-4-5-10-24(22)33(30,31)14-6-13-32-20-7-2-1-3-8-20/h4-5,9-12,15-17,20H,1-3,6-8,13-14H2,(H2,27,28,29). The molecule has 0 spiro atoms. The van der Waals surface area contributed by atoms with Crippen LogP contribution < -0.4 is 5.73 Å². The van der Waals surface area contributed by atoms with E-state index in [-0.39, 0.29) is 16.6 Å². The molecule has 0 saturated heterocycles. The predicted octanol–water partition coefficient (Wildman–Crippen LogP) is 5.76. The summed E-state index contributed by atoms with van der Waals surface area (Å²) in [5.74, 6) is 0.579. The minimum absolute atomic E-state index is 0.0904. The highest BCUT2D eigenvalue weighted by Crippen LogP contribution is 2.33. The molecule has 0 amide bonds. The van der Waals surface area contributed by atoms with Crippen molar-refractivity contribution in [2.75, 3.05) is 17.2 Å². The zero-order valence-electron chi connectivity index (χ0n) is 18.4. The molecule has 1 fully saturated rings. The van der Waals surface area contributed by atoms with Gasteiger partial charge in [-0.05, 0) is 42.7 Å². The van der Waals surface area contributed by atoms with Gasteiger partial charge in [-0.1, -0.05) is 49.6 Å². The number of hydrogen-bond donors (Lipinski definition) is 1. The van der Waals surface area contributed by atoms with E-state index >= 15 is 0 Å². The number of sulfone groups is 1. The Morgan fingerprint density at radius 1 is 0.970 bits per heavy atom. The van der Waals surface area contributed by atoms with Gasteiger partial charge in [-0.3, -0.25) is 0 Å². The van der Waals surface area contributed by atoms with Gasteiger partial charge in [-0.2, -0.15) is 11.8 Å². The van der Waals surface area contributed by atoms with E-state index in [1.807, 2.05) is 11.8 Å². The van der Waals surface area contributed by atoms with Gasteiger partial charge >= 0.3 is 0 Å². The first kappa shape index (κ1) is 23.7. The Balaban J connectivity index is 1.50. The van der Waals surface area contributed by atoms with Crippen LogP contribution in [0.3, 0.4) is 0 Å². The molecule has 2 N–H and O–H groups in total. The number of anilines is 1. The Kier molecular flexibility index (Phi) is 7.65. The molecule has 0 aliphatic heterocycles. The third-order valence-electron chi connectivity index (χ3n) is 5.95. The molecule has 0 bridgehead atoms. The van der Waals surface area contributed by atoms with E-state index in [9.17, 15) is 12.8 Å². The van der Waals surface area contributed by atoms with Gasteiger partial charge in [0.25, 0.3) is 0 Å². The number of nitrogens with zero attached hydrogens (tertiary/aromatic N) is 2. The van der Waals surface area contributed by atoms with E-state index in [2.05, 4.69) is 9.97 Å². The molecule has 1 heterocycles. The van der Waals surface area contributed by atoms with Crippen molar-refractivity contribution in [3.63, 3.8) is 0 Å². The number of halogens is 1. The molecule has 8 heteroatoms. The van der Waals surface area contributed by atoms with Gasteiger partial charge in [0, 0.05) is 34.3 Å². The summed E-state index contributed by atoms with van der Waals surface area (Å²) in [6.07, 6.45) is 9.90. The van der Waals surface area contributed by atoms with E-state index in [1.165, 1.54) is 50.6 Å². The maximum absolute atomic E-state index is 14.9. The first-order chi connectivity index (χ1) is 15.9. The first-order valence-corrected chi connectivity index (χ1v) is 14.0. The summed E-state index contributed by atoms with van der Waals surface area (Å²) in [5, 5.41) is 0.668.